The SMILES string of the molecule is COc1cc(NN)ccc1NC(C)=O. The lowest BCUT2D eigenvalue weighted by atomic mass is 10.2. The fourth-order valence-corrected chi connectivity index (χ4v) is 1.07. The van der Waals surface area contributed by atoms with Gasteiger partial charge in [0.1, 0.15) is 5.75 Å². The van der Waals surface area contributed by atoms with Crippen molar-refractivity contribution < 1.29 is 9.53 Å². The molecule has 14 heavy (non-hydrogen) atoms. The molecule has 0 heterocycles. The molecule has 5 nitrogen and oxygen atoms in total. The molecular formula is C9H13N3O2. The number of hydrogen-bond acceptors (Lipinski definition) is 4. The Kier molecular flexibility index (Phi) is 3.30. The van der Waals surface area contributed by atoms with Crippen LogP contribution in [0.5, 0.6) is 5.75 Å². The van der Waals surface area contributed by atoms with Gasteiger partial charge >= 0.3 is 0 Å². The van der Waals surface area contributed by atoms with Crippen LogP contribution in [0.1, 0.15) is 6.92 Å². The Morgan fingerprint density at radius 2 is 2.21 bits per heavy atom. The second-order valence-electron chi connectivity index (χ2n) is 2.74. The molecule has 0 spiro atoms. The molecule has 0 aliphatic carbocycles. The van der Waals surface area contributed by atoms with Crippen molar-refractivity contribution in [1.82, 2.24) is 0 Å². The topological polar surface area (TPSA) is 76.4 Å². The van der Waals surface area contributed by atoms with Crippen LogP contribution in [0, 0.1) is 0 Å². The molecular weight excluding hydrogens is 182 g/mol. The molecule has 0 atom stereocenters. The van der Waals surface area contributed by atoms with Gasteiger partial charge in [-0.3, -0.25) is 10.6 Å². The van der Waals surface area contributed by atoms with Crippen molar-refractivity contribution in [2.75, 3.05) is 17.9 Å². The van der Waals surface area contributed by atoms with Crippen LogP contribution in [0.4, 0.5) is 11.4 Å². The first-order valence-electron chi connectivity index (χ1n) is 4.09. The molecule has 1 amide bonds. The molecule has 0 bridgehead atoms. The van der Waals surface area contributed by atoms with Crippen LogP contribution >= 0.6 is 0 Å². The lowest BCUT2D eigenvalue weighted by Gasteiger charge is -2.10. The van der Waals surface area contributed by atoms with Crippen molar-refractivity contribution in [3.8, 4) is 5.75 Å². The van der Waals surface area contributed by atoms with Gasteiger partial charge in [-0.15, -0.1) is 0 Å². The Morgan fingerprint density at radius 1 is 1.50 bits per heavy atom. The molecule has 1 rings (SSSR count). The summed E-state index contributed by atoms with van der Waals surface area (Å²) in [5, 5.41) is 2.64. The highest BCUT2D eigenvalue weighted by atomic mass is 16.5. The lowest BCUT2D eigenvalue weighted by Crippen LogP contribution is -2.09. The van der Waals surface area contributed by atoms with Crippen LogP contribution in [-0.2, 0) is 4.79 Å². The van der Waals surface area contributed by atoms with Crippen LogP contribution in [0.25, 0.3) is 0 Å². The molecule has 5 heteroatoms. The number of rotatable bonds is 3. The number of nitrogen functional groups attached to an aromatic ring is 1. The first-order valence-corrected chi connectivity index (χ1v) is 4.09. The number of hydrogen-bond donors (Lipinski definition) is 3. The van der Waals surface area contributed by atoms with Crippen LogP contribution in [0.3, 0.4) is 0 Å². The van der Waals surface area contributed by atoms with E-state index in [4.69, 9.17) is 10.6 Å². The van der Waals surface area contributed by atoms with E-state index in [0.717, 1.165) is 5.69 Å². The average Bonchev–Trinajstić information content (AvgIpc) is 2.17. The molecule has 1 aromatic rings. The van der Waals surface area contributed by atoms with Gasteiger partial charge < -0.3 is 15.5 Å². The minimum absolute atomic E-state index is 0.142. The molecule has 0 aliphatic rings. The Morgan fingerprint density at radius 3 is 2.71 bits per heavy atom. The third kappa shape index (κ3) is 2.37. The highest BCUT2D eigenvalue weighted by molar-refractivity contribution is 5.90. The molecule has 0 saturated carbocycles. The predicted octanol–water partition coefficient (Wildman–Crippen LogP) is 0.939. The van der Waals surface area contributed by atoms with Gasteiger partial charge in [-0.2, -0.15) is 0 Å². The molecule has 1 aromatic carbocycles. The van der Waals surface area contributed by atoms with Gasteiger partial charge in [0, 0.05) is 13.0 Å². The van der Waals surface area contributed by atoms with E-state index in [2.05, 4.69) is 10.7 Å². The van der Waals surface area contributed by atoms with E-state index in [-0.39, 0.29) is 5.91 Å². The van der Waals surface area contributed by atoms with Gasteiger partial charge in [0.15, 0.2) is 0 Å². The number of carbonyl (C=O) groups excluding carboxylic acids is 1. The normalized spacial score (nSPS) is 9.36. The zero-order valence-electron chi connectivity index (χ0n) is 8.13. The largest absolute Gasteiger partial charge is 0.494 e. The number of benzene rings is 1. The van der Waals surface area contributed by atoms with Crippen molar-refractivity contribution in [3.05, 3.63) is 18.2 Å². The Balaban J connectivity index is 2.98. The summed E-state index contributed by atoms with van der Waals surface area (Å²) < 4.78 is 5.08. The van der Waals surface area contributed by atoms with Crippen molar-refractivity contribution in [3.63, 3.8) is 0 Å². The lowest BCUT2D eigenvalue weighted by molar-refractivity contribution is -0.114. The summed E-state index contributed by atoms with van der Waals surface area (Å²) in [5.41, 5.74) is 3.83. The van der Waals surface area contributed by atoms with Crippen LogP contribution in [0.15, 0.2) is 18.2 Å². The molecule has 0 aromatic heterocycles. The molecule has 0 saturated heterocycles. The highest BCUT2D eigenvalue weighted by Crippen LogP contribution is 2.27. The second-order valence-corrected chi connectivity index (χ2v) is 2.74. The number of carbonyl (C=O) groups is 1. The third-order valence-electron chi connectivity index (χ3n) is 1.68. The van der Waals surface area contributed by atoms with E-state index in [0.29, 0.717) is 11.4 Å². The molecule has 0 unspecified atom stereocenters. The number of nitrogens with one attached hydrogen (secondary N) is 2. The number of anilines is 2. The van der Waals surface area contributed by atoms with Gasteiger partial charge in [-0.25, -0.2) is 0 Å². The van der Waals surface area contributed by atoms with E-state index in [9.17, 15) is 4.79 Å². The Labute approximate surface area is 82.2 Å². The minimum atomic E-state index is -0.142. The fourth-order valence-electron chi connectivity index (χ4n) is 1.07. The van der Waals surface area contributed by atoms with Crippen LogP contribution in [-0.4, -0.2) is 13.0 Å². The second kappa shape index (κ2) is 4.48. The van der Waals surface area contributed by atoms with Gasteiger partial charge in [-0.05, 0) is 12.1 Å². The van der Waals surface area contributed by atoms with Crippen LogP contribution < -0.4 is 21.3 Å². The quantitative estimate of drug-likeness (QED) is 0.495. The van der Waals surface area contributed by atoms with E-state index in [1.165, 1.54) is 14.0 Å². The van der Waals surface area contributed by atoms with Crippen LogP contribution in [0.2, 0.25) is 0 Å². The first-order chi connectivity index (χ1) is 6.67. The molecule has 0 radical (unpaired) electrons. The first kappa shape index (κ1) is 10.3. The number of hydrazine groups is 1. The molecule has 0 aliphatic heterocycles. The molecule has 76 valence electrons. The zero-order valence-corrected chi connectivity index (χ0v) is 8.13. The van der Waals surface area contributed by atoms with E-state index < -0.39 is 0 Å². The van der Waals surface area contributed by atoms with E-state index in [1.54, 1.807) is 18.2 Å². The summed E-state index contributed by atoms with van der Waals surface area (Å²) in [6, 6.07) is 5.16. The van der Waals surface area contributed by atoms with Gasteiger partial charge in [0.2, 0.25) is 5.91 Å². The zero-order chi connectivity index (χ0) is 10.6. The number of methoxy groups -OCH3 is 1. The maximum absolute atomic E-state index is 10.8. The highest BCUT2D eigenvalue weighted by Gasteiger charge is 2.04. The van der Waals surface area contributed by atoms with Gasteiger partial charge in [0.05, 0.1) is 18.5 Å². The number of ether oxygens (including phenoxy) is 1. The summed E-state index contributed by atoms with van der Waals surface area (Å²) in [6.45, 7) is 1.44. The van der Waals surface area contributed by atoms with Crippen molar-refractivity contribution in [1.29, 1.82) is 0 Å². The van der Waals surface area contributed by atoms with Gasteiger partial charge in [0.25, 0.3) is 0 Å². The number of amides is 1. The minimum Gasteiger partial charge on any atom is -0.494 e. The summed E-state index contributed by atoms with van der Waals surface area (Å²) in [4.78, 5) is 10.8. The number of nitrogens with two attached hydrogens (primary N) is 1. The summed E-state index contributed by atoms with van der Waals surface area (Å²) in [5.74, 6) is 5.66. The third-order valence-corrected chi connectivity index (χ3v) is 1.68. The maximum Gasteiger partial charge on any atom is 0.221 e. The maximum atomic E-state index is 10.8. The van der Waals surface area contributed by atoms with Gasteiger partial charge in [-0.1, -0.05) is 0 Å². The average molecular weight is 195 g/mol. The van der Waals surface area contributed by atoms with E-state index >= 15 is 0 Å². The monoisotopic (exact) mass is 195 g/mol. The molecule has 4 N–H and O–H groups in total. The van der Waals surface area contributed by atoms with Crippen molar-refractivity contribution in [2.45, 2.75) is 6.92 Å². The van der Waals surface area contributed by atoms with Crippen molar-refractivity contribution >= 4 is 17.3 Å². The smallest absolute Gasteiger partial charge is 0.221 e. The van der Waals surface area contributed by atoms with E-state index in [1.807, 2.05) is 0 Å². The Hall–Kier alpha value is -1.75. The Bertz CT molecular complexity index is 339. The fraction of sp³-hybridized carbons (Fsp3) is 0.222. The standard InChI is InChI=1S/C9H13N3O2/c1-6(13)11-8-4-3-7(12-10)5-9(8)14-2/h3-5,12H,10H2,1-2H3,(H,11,13). The predicted molar refractivity (Wildman–Crippen MR) is 55.1 cm³/mol. The summed E-state index contributed by atoms with van der Waals surface area (Å²) in [7, 11) is 1.53. The molecule has 0 fully saturated rings. The summed E-state index contributed by atoms with van der Waals surface area (Å²) >= 11 is 0. The summed E-state index contributed by atoms with van der Waals surface area (Å²) in [6.07, 6.45) is 0. The van der Waals surface area contributed by atoms with Crippen molar-refractivity contribution in [2.24, 2.45) is 5.84 Å².